The SMILES string of the molecule is CC1(C)c2ccccc2-c2c(N(c3ccc(-c4cccc5c4ccc4c6ccccc6ccc54)cc3)c3cccc4c3-c3ccccc3C4(C)C)cccc21. The Hall–Kier alpha value is -6.44. The van der Waals surface area contributed by atoms with Crippen LogP contribution >= 0.6 is 0 Å². The van der Waals surface area contributed by atoms with Crippen LogP contribution in [0, 0.1) is 0 Å². The van der Waals surface area contributed by atoms with Crippen molar-refractivity contribution in [1.82, 2.24) is 0 Å². The fourth-order valence-electron chi connectivity index (χ4n) is 10.1. The Balaban J connectivity index is 1.12. The van der Waals surface area contributed by atoms with Crippen molar-refractivity contribution >= 4 is 49.4 Å². The predicted molar refractivity (Wildman–Crippen MR) is 234 cm³/mol. The maximum atomic E-state index is 2.54. The molecular weight excluding hydrogens is 663 g/mol. The molecule has 55 heavy (non-hydrogen) atoms. The topological polar surface area (TPSA) is 3.24 Å². The van der Waals surface area contributed by atoms with Gasteiger partial charge in [-0.25, -0.2) is 0 Å². The fraction of sp³-hybridized carbons (Fsp3) is 0.111. The summed E-state index contributed by atoms with van der Waals surface area (Å²) in [4.78, 5) is 2.54. The van der Waals surface area contributed by atoms with E-state index < -0.39 is 0 Å². The van der Waals surface area contributed by atoms with E-state index in [0.717, 1.165) is 5.69 Å². The van der Waals surface area contributed by atoms with Crippen molar-refractivity contribution in [3.05, 3.63) is 198 Å². The first-order valence-electron chi connectivity index (χ1n) is 19.5. The summed E-state index contributed by atoms with van der Waals surface area (Å²) >= 11 is 0. The largest absolute Gasteiger partial charge is 0.309 e. The summed E-state index contributed by atoms with van der Waals surface area (Å²) in [5, 5.41) is 7.73. The van der Waals surface area contributed by atoms with E-state index in [0.29, 0.717) is 0 Å². The van der Waals surface area contributed by atoms with Gasteiger partial charge in [0.15, 0.2) is 0 Å². The molecule has 1 nitrogen and oxygen atoms in total. The van der Waals surface area contributed by atoms with Crippen LogP contribution in [-0.4, -0.2) is 0 Å². The summed E-state index contributed by atoms with van der Waals surface area (Å²) in [6, 6.07) is 65.8. The summed E-state index contributed by atoms with van der Waals surface area (Å²) in [5.74, 6) is 0. The molecule has 0 aliphatic heterocycles. The third kappa shape index (κ3) is 4.47. The highest BCUT2D eigenvalue weighted by Crippen LogP contribution is 2.58. The Labute approximate surface area is 323 Å². The van der Waals surface area contributed by atoms with Crippen molar-refractivity contribution in [1.29, 1.82) is 0 Å². The molecule has 0 amide bonds. The first kappa shape index (κ1) is 32.0. The highest BCUT2D eigenvalue weighted by Gasteiger charge is 2.40. The van der Waals surface area contributed by atoms with Gasteiger partial charge in [0.2, 0.25) is 0 Å². The summed E-state index contributed by atoms with van der Waals surface area (Å²) in [6.45, 7) is 9.48. The lowest BCUT2D eigenvalue weighted by molar-refractivity contribution is 0.660. The van der Waals surface area contributed by atoms with E-state index in [1.807, 2.05) is 0 Å². The van der Waals surface area contributed by atoms with Crippen LogP contribution in [0.2, 0.25) is 0 Å². The Kier molecular flexibility index (Phi) is 6.72. The number of hydrogen-bond donors (Lipinski definition) is 0. The molecule has 0 N–H and O–H groups in total. The van der Waals surface area contributed by atoms with Gasteiger partial charge < -0.3 is 4.90 Å². The molecule has 0 heterocycles. The lowest BCUT2D eigenvalue weighted by Crippen LogP contribution is -2.17. The molecule has 0 unspecified atom stereocenters. The molecule has 0 saturated heterocycles. The maximum absolute atomic E-state index is 2.54. The van der Waals surface area contributed by atoms with Crippen molar-refractivity contribution in [3.63, 3.8) is 0 Å². The third-order valence-corrected chi connectivity index (χ3v) is 12.9. The quantitative estimate of drug-likeness (QED) is 0.165. The molecule has 9 aromatic carbocycles. The molecule has 0 aromatic heterocycles. The van der Waals surface area contributed by atoms with Crippen molar-refractivity contribution in [2.75, 3.05) is 4.90 Å². The van der Waals surface area contributed by atoms with Gasteiger partial charge in [0.1, 0.15) is 0 Å². The second-order valence-electron chi connectivity index (χ2n) is 16.5. The minimum atomic E-state index is -0.102. The molecule has 2 aliphatic rings. The van der Waals surface area contributed by atoms with Crippen LogP contribution in [0.5, 0.6) is 0 Å². The monoisotopic (exact) mass is 703 g/mol. The summed E-state index contributed by atoms with van der Waals surface area (Å²) in [7, 11) is 0. The zero-order valence-electron chi connectivity index (χ0n) is 31.7. The van der Waals surface area contributed by atoms with Gasteiger partial charge in [0.25, 0.3) is 0 Å². The van der Waals surface area contributed by atoms with Crippen LogP contribution in [-0.2, 0) is 10.8 Å². The van der Waals surface area contributed by atoms with Crippen molar-refractivity contribution in [3.8, 4) is 33.4 Å². The van der Waals surface area contributed by atoms with Gasteiger partial charge in [-0.2, -0.15) is 0 Å². The third-order valence-electron chi connectivity index (χ3n) is 12.9. The number of benzene rings is 9. The second-order valence-corrected chi connectivity index (χ2v) is 16.5. The molecular formula is C54H41N. The number of hydrogen-bond acceptors (Lipinski definition) is 1. The summed E-state index contributed by atoms with van der Waals surface area (Å²) in [5.41, 5.74) is 16.6. The Morgan fingerprint density at radius 2 is 0.782 bits per heavy atom. The molecule has 9 aromatic rings. The Morgan fingerprint density at radius 1 is 0.327 bits per heavy atom. The van der Waals surface area contributed by atoms with Gasteiger partial charge in [-0.05, 0) is 101 Å². The van der Waals surface area contributed by atoms with Gasteiger partial charge in [-0.15, -0.1) is 0 Å². The van der Waals surface area contributed by atoms with Crippen LogP contribution in [0.1, 0.15) is 49.9 Å². The fourth-order valence-corrected chi connectivity index (χ4v) is 10.1. The molecule has 11 rings (SSSR count). The van der Waals surface area contributed by atoms with Crippen molar-refractivity contribution < 1.29 is 0 Å². The maximum Gasteiger partial charge on any atom is 0.0543 e. The van der Waals surface area contributed by atoms with Gasteiger partial charge >= 0.3 is 0 Å². The lowest BCUT2D eigenvalue weighted by atomic mass is 9.82. The van der Waals surface area contributed by atoms with Crippen molar-refractivity contribution in [2.45, 2.75) is 38.5 Å². The smallest absolute Gasteiger partial charge is 0.0543 e. The first-order valence-corrected chi connectivity index (χ1v) is 19.5. The molecule has 0 bridgehead atoms. The zero-order chi connectivity index (χ0) is 37.1. The van der Waals surface area contributed by atoms with E-state index in [9.17, 15) is 0 Å². The number of rotatable bonds is 4. The van der Waals surface area contributed by atoms with E-state index in [1.165, 1.54) is 99.3 Å². The Bertz CT molecular complexity index is 2930. The molecule has 0 fully saturated rings. The van der Waals surface area contributed by atoms with E-state index in [1.54, 1.807) is 0 Å². The van der Waals surface area contributed by atoms with E-state index >= 15 is 0 Å². The predicted octanol–water partition coefficient (Wildman–Crippen LogP) is 14.9. The highest BCUT2D eigenvalue weighted by molar-refractivity contribution is 6.19. The molecule has 0 radical (unpaired) electrons. The number of fused-ring (bicyclic) bond motifs is 11. The molecule has 0 saturated carbocycles. The lowest BCUT2D eigenvalue weighted by Gasteiger charge is -2.31. The van der Waals surface area contributed by atoms with E-state index in [2.05, 4.69) is 209 Å². The highest BCUT2D eigenvalue weighted by atomic mass is 15.1. The van der Waals surface area contributed by atoms with Crippen LogP contribution < -0.4 is 4.90 Å². The summed E-state index contributed by atoms with van der Waals surface area (Å²) < 4.78 is 0. The van der Waals surface area contributed by atoms with Gasteiger partial charge in [-0.3, -0.25) is 0 Å². The van der Waals surface area contributed by atoms with E-state index in [4.69, 9.17) is 0 Å². The molecule has 262 valence electrons. The van der Waals surface area contributed by atoms with Crippen molar-refractivity contribution in [2.24, 2.45) is 0 Å². The number of anilines is 3. The first-order chi connectivity index (χ1) is 26.8. The molecule has 2 aliphatic carbocycles. The summed E-state index contributed by atoms with van der Waals surface area (Å²) in [6.07, 6.45) is 0. The van der Waals surface area contributed by atoms with E-state index in [-0.39, 0.29) is 10.8 Å². The van der Waals surface area contributed by atoms with Gasteiger partial charge in [0.05, 0.1) is 11.4 Å². The van der Waals surface area contributed by atoms with Crippen LogP contribution in [0.3, 0.4) is 0 Å². The van der Waals surface area contributed by atoms with Crippen LogP contribution in [0.15, 0.2) is 176 Å². The van der Waals surface area contributed by atoms with Gasteiger partial charge in [-0.1, -0.05) is 179 Å². The molecule has 0 atom stereocenters. The number of nitrogens with zero attached hydrogens (tertiary/aromatic N) is 1. The molecule has 1 heteroatoms. The average Bonchev–Trinajstić information content (AvgIpc) is 3.61. The standard InChI is InChI=1S/C54H41N/c1-53(2)45-20-9-7-16-43(45)51-47(53)22-12-24-49(51)55(50-25-13-23-48-52(50)44-17-8-10-21-46(44)54(48,3)4)36-29-26-35(27-30-36)38-18-11-19-39-40(38)32-33-41-37-15-6-5-14-34(37)28-31-42(39)41/h5-33H,1-4H3. The minimum absolute atomic E-state index is 0.102. The van der Waals surface area contributed by atoms with Crippen LogP contribution in [0.4, 0.5) is 17.1 Å². The Morgan fingerprint density at radius 3 is 1.44 bits per heavy atom. The minimum Gasteiger partial charge on any atom is -0.309 e. The normalized spacial score (nSPS) is 14.5. The average molecular weight is 704 g/mol. The van der Waals surface area contributed by atoms with Crippen LogP contribution in [0.25, 0.3) is 65.7 Å². The van der Waals surface area contributed by atoms with Gasteiger partial charge in [0, 0.05) is 27.6 Å². The second kappa shape index (κ2) is 11.5. The zero-order valence-corrected chi connectivity index (χ0v) is 31.7. The molecule has 0 spiro atoms.